The van der Waals surface area contributed by atoms with Crippen molar-refractivity contribution in [1.82, 2.24) is 19.5 Å². The maximum Gasteiger partial charge on any atom is 0.225 e. The van der Waals surface area contributed by atoms with Crippen LogP contribution < -0.4 is 0 Å². The van der Waals surface area contributed by atoms with Crippen LogP contribution in [0.3, 0.4) is 0 Å². The van der Waals surface area contributed by atoms with Gasteiger partial charge in [0.25, 0.3) is 0 Å². The van der Waals surface area contributed by atoms with Crippen LogP contribution in [0.1, 0.15) is 32.4 Å². The van der Waals surface area contributed by atoms with Crippen molar-refractivity contribution in [1.29, 1.82) is 0 Å². The van der Waals surface area contributed by atoms with Crippen LogP contribution in [0.25, 0.3) is 11.2 Å². The van der Waals surface area contributed by atoms with Crippen molar-refractivity contribution in [2.75, 3.05) is 12.4 Å². The molecule has 1 aliphatic rings. The Bertz CT molecular complexity index is 734. The lowest BCUT2D eigenvalue weighted by Crippen LogP contribution is -2.30. The van der Waals surface area contributed by atoms with Crippen molar-refractivity contribution >= 4 is 34.5 Å². The highest BCUT2D eigenvalue weighted by atomic mass is 35.5. The second kappa shape index (κ2) is 8.13. The van der Waals surface area contributed by atoms with E-state index in [4.69, 9.17) is 16.3 Å². The van der Waals surface area contributed by atoms with Gasteiger partial charge in [-0.2, -0.15) is 4.98 Å². The lowest BCUT2D eigenvalue weighted by atomic mass is 10.1. The molecule has 1 aliphatic heterocycles. The van der Waals surface area contributed by atoms with Gasteiger partial charge < -0.3 is 14.9 Å². The Kier molecular flexibility index (Phi) is 6.11. The predicted molar refractivity (Wildman–Crippen MR) is 92.5 cm³/mol. The zero-order chi connectivity index (χ0) is 18.0. The number of aliphatic hydroxyl groups is 2. The van der Waals surface area contributed by atoms with E-state index in [2.05, 4.69) is 21.9 Å². The summed E-state index contributed by atoms with van der Waals surface area (Å²) in [6.45, 7) is 1.66. The Hall–Kier alpha value is -1.00. The monoisotopic (exact) mass is 390 g/mol. The molecule has 3 rings (SSSR count). The SMILES string of the molecule is CCCCCSc1nc(Cl)nc2c1ncn2[C@@H]1O[C@H](CO)[C@@H](O)[C@@H]1F. The quantitative estimate of drug-likeness (QED) is 0.324. The number of hydrogen-bond acceptors (Lipinski definition) is 7. The number of aliphatic hydroxyl groups excluding tert-OH is 2. The Morgan fingerprint density at radius 2 is 2.20 bits per heavy atom. The molecule has 2 N–H and O–H groups in total. The van der Waals surface area contributed by atoms with Crippen molar-refractivity contribution in [2.24, 2.45) is 0 Å². The second-order valence-electron chi connectivity index (χ2n) is 5.86. The number of halogens is 2. The average molecular weight is 391 g/mol. The summed E-state index contributed by atoms with van der Waals surface area (Å²) in [5.74, 6) is 0.875. The summed E-state index contributed by atoms with van der Waals surface area (Å²) < 4.78 is 21.2. The van der Waals surface area contributed by atoms with Crippen LogP contribution >= 0.6 is 23.4 Å². The summed E-state index contributed by atoms with van der Waals surface area (Å²) in [6.07, 6.45) is -0.525. The van der Waals surface area contributed by atoms with E-state index in [0.717, 1.165) is 25.0 Å². The van der Waals surface area contributed by atoms with Gasteiger partial charge in [0.15, 0.2) is 18.0 Å². The molecule has 10 heteroatoms. The first-order valence-electron chi connectivity index (χ1n) is 8.18. The summed E-state index contributed by atoms with van der Waals surface area (Å²) >= 11 is 7.55. The number of hydrogen-bond donors (Lipinski definition) is 2. The first kappa shape index (κ1) is 18.8. The van der Waals surface area contributed by atoms with Crippen LogP contribution in [0.15, 0.2) is 11.4 Å². The third-order valence-corrected chi connectivity index (χ3v) is 5.32. The number of thioether (sulfide) groups is 1. The first-order chi connectivity index (χ1) is 12.1. The molecule has 0 aromatic carbocycles. The van der Waals surface area contributed by atoms with Crippen LogP contribution in [0.5, 0.6) is 0 Å². The number of rotatable bonds is 7. The van der Waals surface area contributed by atoms with Crippen LogP contribution in [0.2, 0.25) is 5.28 Å². The molecule has 2 aromatic rings. The molecule has 1 saturated heterocycles. The number of fused-ring (bicyclic) bond motifs is 1. The summed E-state index contributed by atoms with van der Waals surface area (Å²) in [4.78, 5) is 12.6. The minimum Gasteiger partial charge on any atom is -0.394 e. The van der Waals surface area contributed by atoms with E-state index in [1.807, 2.05) is 0 Å². The molecular weight excluding hydrogens is 371 g/mol. The average Bonchev–Trinajstić information content (AvgIpc) is 3.13. The molecule has 25 heavy (non-hydrogen) atoms. The number of aromatic nitrogens is 4. The van der Waals surface area contributed by atoms with E-state index in [9.17, 15) is 14.6 Å². The summed E-state index contributed by atoms with van der Waals surface area (Å²) in [6, 6.07) is 0. The fourth-order valence-electron chi connectivity index (χ4n) is 2.75. The molecule has 3 heterocycles. The molecule has 0 spiro atoms. The maximum absolute atomic E-state index is 14.4. The van der Waals surface area contributed by atoms with Crippen molar-refractivity contribution in [3.05, 3.63) is 11.6 Å². The highest BCUT2D eigenvalue weighted by Gasteiger charge is 2.45. The Balaban J connectivity index is 1.89. The van der Waals surface area contributed by atoms with E-state index in [-0.39, 0.29) is 5.28 Å². The molecule has 0 bridgehead atoms. The smallest absolute Gasteiger partial charge is 0.225 e. The molecule has 0 saturated carbocycles. The number of nitrogens with zero attached hydrogens (tertiary/aromatic N) is 4. The standard InChI is InChI=1S/C15H20ClFN4O3S/c1-2-3-4-5-25-13-10-12(19-15(16)20-13)21(7-18-10)14-9(17)11(23)8(6-22)24-14/h7-9,11,14,22-23H,2-6H2,1H3/t8-,9+,11-,14-/m1/s1. The van der Waals surface area contributed by atoms with Crippen molar-refractivity contribution in [2.45, 2.75) is 55.8 Å². The number of imidazole rings is 1. The normalized spacial score (nSPS) is 26.6. The maximum atomic E-state index is 14.4. The third kappa shape index (κ3) is 3.75. The second-order valence-corrected chi connectivity index (χ2v) is 7.28. The number of ether oxygens (including phenoxy) is 1. The lowest BCUT2D eigenvalue weighted by molar-refractivity contribution is -0.0459. The van der Waals surface area contributed by atoms with Crippen LogP contribution in [-0.2, 0) is 4.74 Å². The first-order valence-corrected chi connectivity index (χ1v) is 9.54. The summed E-state index contributed by atoms with van der Waals surface area (Å²) in [5.41, 5.74) is 0.861. The minimum absolute atomic E-state index is 0.0416. The third-order valence-electron chi connectivity index (χ3n) is 4.10. The molecule has 0 unspecified atom stereocenters. The van der Waals surface area contributed by atoms with Crippen molar-refractivity contribution in [3.63, 3.8) is 0 Å². The lowest BCUT2D eigenvalue weighted by Gasteiger charge is -2.15. The molecule has 0 amide bonds. The van der Waals surface area contributed by atoms with E-state index < -0.39 is 31.2 Å². The minimum atomic E-state index is -1.70. The molecule has 138 valence electrons. The molecule has 1 fully saturated rings. The summed E-state index contributed by atoms with van der Waals surface area (Å²) in [5, 5.41) is 19.7. The van der Waals surface area contributed by atoms with Gasteiger partial charge in [0.2, 0.25) is 5.28 Å². The molecule has 4 atom stereocenters. The van der Waals surface area contributed by atoms with Gasteiger partial charge >= 0.3 is 0 Å². The predicted octanol–water partition coefficient (Wildman–Crippen LogP) is 2.35. The highest BCUT2D eigenvalue weighted by Crippen LogP contribution is 2.35. The largest absolute Gasteiger partial charge is 0.394 e. The van der Waals surface area contributed by atoms with Gasteiger partial charge in [-0.1, -0.05) is 19.8 Å². The van der Waals surface area contributed by atoms with E-state index in [0.29, 0.717) is 16.2 Å². The Labute approximate surface area is 153 Å². The van der Waals surface area contributed by atoms with Gasteiger partial charge in [0.05, 0.1) is 12.9 Å². The fourth-order valence-corrected chi connectivity index (χ4v) is 3.94. The van der Waals surface area contributed by atoms with Gasteiger partial charge in [-0.15, -0.1) is 11.8 Å². The summed E-state index contributed by atoms with van der Waals surface area (Å²) in [7, 11) is 0. The molecule has 2 aromatic heterocycles. The Morgan fingerprint density at radius 1 is 1.40 bits per heavy atom. The van der Waals surface area contributed by atoms with Crippen molar-refractivity contribution < 1.29 is 19.3 Å². The van der Waals surface area contributed by atoms with Crippen LogP contribution in [0.4, 0.5) is 4.39 Å². The van der Waals surface area contributed by atoms with E-state index >= 15 is 0 Å². The van der Waals surface area contributed by atoms with E-state index in [1.54, 1.807) is 0 Å². The molecule has 0 aliphatic carbocycles. The van der Waals surface area contributed by atoms with Gasteiger partial charge in [-0.3, -0.25) is 4.57 Å². The zero-order valence-corrected chi connectivity index (χ0v) is 15.3. The van der Waals surface area contributed by atoms with Gasteiger partial charge in [0.1, 0.15) is 22.8 Å². The molecular formula is C15H20ClFN4O3S. The van der Waals surface area contributed by atoms with E-state index in [1.165, 1.54) is 22.7 Å². The van der Waals surface area contributed by atoms with Crippen LogP contribution in [-0.4, -0.2) is 60.5 Å². The zero-order valence-electron chi connectivity index (χ0n) is 13.7. The molecule has 0 radical (unpaired) electrons. The highest BCUT2D eigenvalue weighted by molar-refractivity contribution is 7.99. The topological polar surface area (TPSA) is 93.3 Å². The Morgan fingerprint density at radius 3 is 2.88 bits per heavy atom. The fraction of sp³-hybridized carbons (Fsp3) is 0.667. The number of alkyl halides is 1. The molecule has 7 nitrogen and oxygen atoms in total. The van der Waals surface area contributed by atoms with Gasteiger partial charge in [-0.05, 0) is 23.8 Å². The number of unbranched alkanes of at least 4 members (excludes halogenated alkanes) is 2. The van der Waals surface area contributed by atoms with Gasteiger partial charge in [0, 0.05) is 0 Å². The van der Waals surface area contributed by atoms with Crippen LogP contribution in [0, 0.1) is 0 Å². The van der Waals surface area contributed by atoms with Gasteiger partial charge in [-0.25, -0.2) is 14.4 Å². The van der Waals surface area contributed by atoms with Crippen molar-refractivity contribution in [3.8, 4) is 0 Å².